The summed E-state index contributed by atoms with van der Waals surface area (Å²) in [7, 11) is 0. The van der Waals surface area contributed by atoms with Crippen molar-refractivity contribution in [1.29, 1.82) is 0 Å². The molecule has 0 fully saturated rings. The lowest BCUT2D eigenvalue weighted by Gasteiger charge is -2.11. The maximum atomic E-state index is 13.6. The van der Waals surface area contributed by atoms with Gasteiger partial charge in [-0.1, -0.05) is 0 Å². The number of imidazole rings is 1. The van der Waals surface area contributed by atoms with E-state index in [1.165, 1.54) is 24.3 Å². The SMILES string of the molecule is O=C(CCCCn1ccnc1)c1ccc2nc(-c3ccc(F)cc3)c(-c3ccc(F)cc3)nc2c1. The first-order valence-electron chi connectivity index (χ1n) is 11.4. The molecule has 7 heteroatoms. The predicted octanol–water partition coefficient (Wildman–Crippen LogP) is 6.49. The molecule has 0 aliphatic rings. The maximum Gasteiger partial charge on any atom is 0.162 e. The van der Waals surface area contributed by atoms with Crippen LogP contribution in [-0.4, -0.2) is 25.3 Å². The van der Waals surface area contributed by atoms with E-state index in [0.29, 0.717) is 45.5 Å². The first-order chi connectivity index (χ1) is 17.1. The summed E-state index contributed by atoms with van der Waals surface area (Å²) in [5.41, 5.74) is 4.23. The zero-order valence-electron chi connectivity index (χ0n) is 18.9. The third kappa shape index (κ3) is 5.14. The molecule has 0 bridgehead atoms. The van der Waals surface area contributed by atoms with Gasteiger partial charge in [0.25, 0.3) is 0 Å². The molecule has 5 aromatic rings. The Balaban J connectivity index is 1.45. The number of fused-ring (bicyclic) bond motifs is 1. The smallest absolute Gasteiger partial charge is 0.162 e. The van der Waals surface area contributed by atoms with Gasteiger partial charge in [0, 0.05) is 42.0 Å². The number of aryl methyl sites for hydroxylation is 1. The van der Waals surface area contributed by atoms with E-state index in [2.05, 4.69) is 4.98 Å². The molecule has 2 heterocycles. The van der Waals surface area contributed by atoms with E-state index in [9.17, 15) is 13.6 Å². The number of Topliss-reactive ketones (excluding diaryl/α,β-unsaturated/α-hetero) is 1. The van der Waals surface area contributed by atoms with Gasteiger partial charge in [0.1, 0.15) is 11.6 Å². The Morgan fingerprint density at radius 3 is 2.00 bits per heavy atom. The number of benzene rings is 3. The van der Waals surface area contributed by atoms with E-state index in [-0.39, 0.29) is 17.4 Å². The van der Waals surface area contributed by atoms with E-state index < -0.39 is 0 Å². The van der Waals surface area contributed by atoms with Crippen molar-refractivity contribution in [2.75, 3.05) is 0 Å². The van der Waals surface area contributed by atoms with Crippen molar-refractivity contribution in [1.82, 2.24) is 19.5 Å². The fourth-order valence-corrected chi connectivity index (χ4v) is 3.99. The summed E-state index contributed by atoms with van der Waals surface area (Å²) < 4.78 is 29.1. The van der Waals surface area contributed by atoms with Gasteiger partial charge in [-0.15, -0.1) is 0 Å². The first kappa shape index (κ1) is 22.5. The minimum absolute atomic E-state index is 0.0466. The van der Waals surface area contributed by atoms with Gasteiger partial charge in [-0.3, -0.25) is 4.79 Å². The molecule has 0 N–H and O–H groups in total. The highest BCUT2D eigenvalue weighted by atomic mass is 19.1. The van der Waals surface area contributed by atoms with Crippen LogP contribution in [0.15, 0.2) is 85.5 Å². The van der Waals surface area contributed by atoms with Crippen LogP contribution in [-0.2, 0) is 6.54 Å². The van der Waals surface area contributed by atoms with Crippen LogP contribution in [0.4, 0.5) is 8.78 Å². The number of nitrogens with zero attached hydrogens (tertiary/aromatic N) is 4. The van der Waals surface area contributed by atoms with E-state index in [1.54, 1.807) is 55.0 Å². The maximum absolute atomic E-state index is 13.6. The highest BCUT2D eigenvalue weighted by molar-refractivity contribution is 5.99. The molecule has 0 amide bonds. The molecule has 2 aromatic heterocycles. The van der Waals surface area contributed by atoms with Crippen LogP contribution in [0.25, 0.3) is 33.5 Å². The number of unbranched alkanes of at least 4 members (excludes halogenated alkanes) is 1. The van der Waals surface area contributed by atoms with Crippen LogP contribution in [0.3, 0.4) is 0 Å². The van der Waals surface area contributed by atoms with Crippen LogP contribution >= 0.6 is 0 Å². The number of carbonyl (C=O) groups is 1. The number of carbonyl (C=O) groups excluding carboxylic acids is 1. The zero-order valence-corrected chi connectivity index (χ0v) is 18.9. The highest BCUT2D eigenvalue weighted by Crippen LogP contribution is 2.31. The molecule has 0 unspecified atom stereocenters. The number of rotatable bonds is 8. The lowest BCUT2D eigenvalue weighted by atomic mass is 10.0. The predicted molar refractivity (Wildman–Crippen MR) is 131 cm³/mol. The number of aromatic nitrogens is 4. The standard InChI is InChI=1S/C28H22F2N4O/c29-22-9-4-19(5-10-22)27-28(20-6-11-23(30)12-7-20)33-25-17-21(8-13-24(25)32-27)26(35)3-1-2-15-34-16-14-31-18-34/h4-14,16-18H,1-3,15H2. The summed E-state index contributed by atoms with van der Waals surface area (Å²) in [4.78, 5) is 26.4. The zero-order chi connectivity index (χ0) is 24.2. The Morgan fingerprint density at radius 1 is 0.771 bits per heavy atom. The Kier molecular flexibility index (Phi) is 6.39. The van der Waals surface area contributed by atoms with Gasteiger partial charge in [-0.05, 0) is 79.6 Å². The largest absolute Gasteiger partial charge is 0.337 e. The van der Waals surface area contributed by atoms with E-state index in [1.807, 2.05) is 10.8 Å². The topological polar surface area (TPSA) is 60.7 Å². The second kappa shape index (κ2) is 9.93. The molecule has 174 valence electrons. The molecule has 0 aliphatic carbocycles. The van der Waals surface area contributed by atoms with Gasteiger partial charge in [-0.25, -0.2) is 23.7 Å². The normalized spacial score (nSPS) is 11.1. The number of hydrogen-bond donors (Lipinski definition) is 0. The Labute approximate surface area is 201 Å². The second-order valence-corrected chi connectivity index (χ2v) is 8.32. The average Bonchev–Trinajstić information content (AvgIpc) is 3.40. The van der Waals surface area contributed by atoms with Crippen molar-refractivity contribution in [2.24, 2.45) is 0 Å². The van der Waals surface area contributed by atoms with Crippen molar-refractivity contribution in [3.8, 4) is 22.5 Å². The molecule has 0 saturated carbocycles. The number of hydrogen-bond acceptors (Lipinski definition) is 4. The third-order valence-corrected chi connectivity index (χ3v) is 5.85. The quantitative estimate of drug-likeness (QED) is 0.193. The minimum atomic E-state index is -0.355. The summed E-state index contributed by atoms with van der Waals surface area (Å²) in [6.07, 6.45) is 7.50. The lowest BCUT2D eigenvalue weighted by molar-refractivity contribution is 0.0979. The van der Waals surface area contributed by atoms with E-state index in [0.717, 1.165) is 19.4 Å². The van der Waals surface area contributed by atoms with Gasteiger partial charge in [-0.2, -0.15) is 0 Å². The third-order valence-electron chi connectivity index (χ3n) is 5.85. The van der Waals surface area contributed by atoms with Crippen molar-refractivity contribution in [3.63, 3.8) is 0 Å². The molecule has 35 heavy (non-hydrogen) atoms. The molecular weight excluding hydrogens is 446 g/mol. The van der Waals surface area contributed by atoms with Gasteiger partial charge in [0.2, 0.25) is 0 Å². The van der Waals surface area contributed by atoms with Crippen LogP contribution < -0.4 is 0 Å². The molecule has 5 nitrogen and oxygen atoms in total. The Bertz CT molecular complexity index is 1460. The lowest BCUT2D eigenvalue weighted by Crippen LogP contribution is -2.02. The Morgan fingerprint density at radius 2 is 1.40 bits per heavy atom. The van der Waals surface area contributed by atoms with Crippen LogP contribution in [0.5, 0.6) is 0 Å². The highest BCUT2D eigenvalue weighted by Gasteiger charge is 2.15. The Hall–Kier alpha value is -4.26. The van der Waals surface area contributed by atoms with Crippen molar-refractivity contribution in [2.45, 2.75) is 25.8 Å². The molecule has 5 rings (SSSR count). The van der Waals surface area contributed by atoms with E-state index in [4.69, 9.17) is 9.97 Å². The van der Waals surface area contributed by atoms with Crippen LogP contribution in [0, 0.1) is 11.6 Å². The molecule has 0 radical (unpaired) electrons. The summed E-state index contributed by atoms with van der Waals surface area (Å²) in [6, 6.07) is 17.3. The average molecular weight is 469 g/mol. The summed E-state index contributed by atoms with van der Waals surface area (Å²) >= 11 is 0. The molecule has 3 aromatic carbocycles. The molecule has 0 aliphatic heterocycles. The number of halogens is 2. The van der Waals surface area contributed by atoms with Gasteiger partial charge in [0.15, 0.2) is 5.78 Å². The number of ketones is 1. The summed E-state index contributed by atoms with van der Waals surface area (Å²) in [5, 5.41) is 0. The van der Waals surface area contributed by atoms with Crippen molar-refractivity contribution < 1.29 is 13.6 Å². The van der Waals surface area contributed by atoms with Gasteiger partial charge in [0.05, 0.1) is 28.7 Å². The van der Waals surface area contributed by atoms with Crippen molar-refractivity contribution in [3.05, 3.63) is 103 Å². The summed E-state index contributed by atoms with van der Waals surface area (Å²) in [5.74, 6) is -0.656. The van der Waals surface area contributed by atoms with Gasteiger partial charge >= 0.3 is 0 Å². The van der Waals surface area contributed by atoms with Crippen molar-refractivity contribution >= 4 is 16.8 Å². The van der Waals surface area contributed by atoms with E-state index >= 15 is 0 Å². The van der Waals surface area contributed by atoms with Crippen LogP contribution in [0.2, 0.25) is 0 Å². The fraction of sp³-hybridized carbons (Fsp3) is 0.143. The minimum Gasteiger partial charge on any atom is -0.337 e. The molecule has 0 atom stereocenters. The first-order valence-corrected chi connectivity index (χ1v) is 11.4. The molecular formula is C28H22F2N4O. The molecule has 0 spiro atoms. The van der Waals surface area contributed by atoms with Gasteiger partial charge < -0.3 is 4.57 Å². The fourth-order valence-electron chi connectivity index (χ4n) is 3.99. The monoisotopic (exact) mass is 468 g/mol. The van der Waals surface area contributed by atoms with Crippen LogP contribution in [0.1, 0.15) is 29.6 Å². The second-order valence-electron chi connectivity index (χ2n) is 8.32. The molecule has 0 saturated heterocycles. The summed E-state index contributed by atoms with van der Waals surface area (Å²) in [6.45, 7) is 0.823.